The highest BCUT2D eigenvalue weighted by Gasteiger charge is 2.53. The monoisotopic (exact) mass is 692 g/mol. The molecular weight excluding hydrogens is 665 g/mol. The van der Waals surface area contributed by atoms with E-state index in [-0.39, 0.29) is 35.3 Å². The van der Waals surface area contributed by atoms with Crippen LogP contribution in [0.25, 0.3) is 65.4 Å². The minimum absolute atomic E-state index is 0.0456. The van der Waals surface area contributed by atoms with Gasteiger partial charge in [-0.3, -0.25) is 9.59 Å². The second kappa shape index (κ2) is 10.1. The molecule has 4 bridgehead atoms. The van der Waals surface area contributed by atoms with Gasteiger partial charge in [-0.25, -0.2) is 0 Å². The van der Waals surface area contributed by atoms with E-state index >= 15 is 0 Å². The Hall–Kier alpha value is -6.46. The molecule has 5 aliphatic rings. The maximum atomic E-state index is 14.2. The van der Waals surface area contributed by atoms with Crippen LogP contribution in [-0.2, 0) is 9.47 Å². The molecule has 0 unspecified atom stereocenters. The summed E-state index contributed by atoms with van der Waals surface area (Å²) in [5.74, 6) is 0. The van der Waals surface area contributed by atoms with Crippen LogP contribution in [0.5, 0.6) is 0 Å². The quantitative estimate of drug-likeness (QED) is 0.159. The predicted molar refractivity (Wildman–Crippen MR) is 215 cm³/mol. The van der Waals surface area contributed by atoms with E-state index in [4.69, 9.17) is 9.47 Å². The zero-order valence-electron chi connectivity index (χ0n) is 28.8. The first-order chi connectivity index (χ1) is 26.7. The molecule has 4 aliphatic heterocycles. The van der Waals surface area contributed by atoms with Crippen LogP contribution in [0.15, 0.2) is 155 Å². The van der Waals surface area contributed by atoms with Gasteiger partial charge in [0.25, 0.3) is 0 Å². The van der Waals surface area contributed by atoms with E-state index in [0.29, 0.717) is 21.5 Å². The van der Waals surface area contributed by atoms with E-state index in [0.717, 1.165) is 88.3 Å². The van der Waals surface area contributed by atoms with Crippen LogP contribution < -0.4 is 10.9 Å². The molecule has 1 aliphatic carbocycles. The SMILES string of the molecule is O=c1c2ccccc2c2c(c3ccccc13)[C@H]1O[C@@H]2C2=C1c1ccccc1C1=C(c3ccccc32)[C@@H]2O[C@H]1c1c2c2ccccc2c(=O)c2ccccc12. The summed E-state index contributed by atoms with van der Waals surface area (Å²) in [7, 11) is 0. The largest absolute Gasteiger partial charge is 0.356 e. The number of ether oxygens (including phenoxy) is 2. The lowest BCUT2D eigenvalue weighted by molar-refractivity contribution is 0.0949. The molecule has 4 nitrogen and oxygen atoms in total. The van der Waals surface area contributed by atoms with Gasteiger partial charge in [-0.15, -0.1) is 0 Å². The zero-order chi connectivity index (χ0) is 35.4. The Kier molecular flexibility index (Phi) is 5.46. The number of rotatable bonds is 0. The summed E-state index contributed by atoms with van der Waals surface area (Å²) in [6, 6.07) is 49.5. The van der Waals surface area contributed by atoms with Gasteiger partial charge in [0.05, 0.1) is 0 Å². The molecule has 8 aromatic rings. The van der Waals surface area contributed by atoms with E-state index in [1.165, 1.54) is 0 Å². The highest BCUT2D eigenvalue weighted by Crippen LogP contribution is 2.68. The summed E-state index contributed by atoms with van der Waals surface area (Å²) in [6.07, 6.45) is -1.52. The van der Waals surface area contributed by atoms with E-state index in [1.807, 2.05) is 72.8 Å². The van der Waals surface area contributed by atoms with Crippen molar-refractivity contribution < 1.29 is 9.47 Å². The fourth-order valence-corrected chi connectivity index (χ4v) is 10.7. The first kappa shape index (κ1) is 29.0. The topological polar surface area (TPSA) is 52.6 Å². The predicted octanol–water partition coefficient (Wildman–Crippen LogP) is 10.8. The molecule has 252 valence electrons. The number of fused-ring (bicyclic) bond motifs is 28. The summed E-state index contributed by atoms with van der Waals surface area (Å²) in [5.41, 5.74) is 13.5. The summed E-state index contributed by atoms with van der Waals surface area (Å²) in [4.78, 5) is 28.5. The number of hydrogen-bond donors (Lipinski definition) is 0. The van der Waals surface area contributed by atoms with Gasteiger partial charge >= 0.3 is 0 Å². The first-order valence-corrected chi connectivity index (χ1v) is 18.6. The summed E-state index contributed by atoms with van der Waals surface area (Å²) in [5, 5.41) is 6.60. The molecule has 4 heterocycles. The maximum Gasteiger partial charge on any atom is 0.194 e. The van der Waals surface area contributed by atoms with Crippen LogP contribution in [0.4, 0.5) is 0 Å². The average molecular weight is 693 g/mol. The van der Waals surface area contributed by atoms with Crippen LogP contribution in [0, 0.1) is 0 Å². The van der Waals surface area contributed by atoms with Gasteiger partial charge in [0.1, 0.15) is 24.4 Å². The molecule has 0 fully saturated rings. The zero-order valence-corrected chi connectivity index (χ0v) is 28.8. The first-order valence-electron chi connectivity index (χ1n) is 18.6. The Bertz CT molecular complexity index is 2870. The van der Waals surface area contributed by atoms with Gasteiger partial charge in [0, 0.05) is 43.8 Å². The summed E-state index contributed by atoms with van der Waals surface area (Å²) in [6.45, 7) is 0. The Morgan fingerprint density at radius 3 is 0.722 bits per heavy atom. The van der Waals surface area contributed by atoms with Crippen molar-refractivity contribution in [3.63, 3.8) is 0 Å². The lowest BCUT2D eigenvalue weighted by Gasteiger charge is -2.30. The molecule has 0 aromatic heterocycles. The van der Waals surface area contributed by atoms with Crippen molar-refractivity contribution in [2.24, 2.45) is 0 Å². The number of hydrogen-bond acceptors (Lipinski definition) is 4. The van der Waals surface area contributed by atoms with Crippen LogP contribution >= 0.6 is 0 Å². The molecule has 13 rings (SSSR count). The van der Waals surface area contributed by atoms with E-state index in [1.54, 1.807) is 0 Å². The van der Waals surface area contributed by atoms with Crippen molar-refractivity contribution >= 4 is 65.4 Å². The van der Waals surface area contributed by atoms with Crippen LogP contribution in [0.3, 0.4) is 0 Å². The molecule has 0 saturated carbocycles. The molecular formula is C50H28O4. The van der Waals surface area contributed by atoms with Crippen LogP contribution in [-0.4, -0.2) is 0 Å². The highest BCUT2D eigenvalue weighted by atomic mass is 16.5. The van der Waals surface area contributed by atoms with Crippen molar-refractivity contribution in [2.45, 2.75) is 24.4 Å². The molecule has 4 heteroatoms. The second-order valence-electron chi connectivity index (χ2n) is 15.0. The third kappa shape index (κ3) is 3.38. The Morgan fingerprint density at radius 1 is 0.278 bits per heavy atom. The standard InChI is InChI=1S/C50H28O4/c51-45-33-21-9-5-17-29(33)41-42(30-18-6-10-22-34(30)45)49-39-27-15-3-4-16-28(27)40-38(26-14-2-1-13-25(26)37(39)47(41)53-49)48-43-31-19-7-11-23-35(31)46(52)36-24-12-8-20-32(36)44(43)50(40)54-48/h1-24,47-50H/t47-,48+,49+,50-. The molecule has 0 amide bonds. The third-order valence-corrected chi connectivity index (χ3v) is 12.7. The lowest BCUT2D eigenvalue weighted by Crippen LogP contribution is -2.13. The molecule has 0 spiro atoms. The van der Waals surface area contributed by atoms with E-state index in [2.05, 4.69) is 72.8 Å². The Labute approximate surface area is 308 Å². The van der Waals surface area contributed by atoms with Gasteiger partial charge in [0.2, 0.25) is 0 Å². The summed E-state index contributed by atoms with van der Waals surface area (Å²) < 4.78 is 14.5. The Morgan fingerprint density at radius 2 is 0.481 bits per heavy atom. The fraction of sp³-hybridized carbons (Fsp3) is 0.0800. The fourth-order valence-electron chi connectivity index (χ4n) is 10.7. The smallest absolute Gasteiger partial charge is 0.194 e. The molecule has 54 heavy (non-hydrogen) atoms. The maximum absolute atomic E-state index is 14.2. The van der Waals surface area contributed by atoms with Gasteiger partial charge in [0.15, 0.2) is 10.9 Å². The molecule has 0 saturated heterocycles. The van der Waals surface area contributed by atoms with Crippen molar-refractivity contribution in [3.05, 3.63) is 211 Å². The molecule has 8 aromatic carbocycles. The Balaban J connectivity index is 1.16. The lowest BCUT2D eigenvalue weighted by atomic mass is 9.70. The van der Waals surface area contributed by atoms with Crippen LogP contribution in [0.2, 0.25) is 0 Å². The van der Waals surface area contributed by atoms with Crippen LogP contribution in [0.1, 0.15) is 68.9 Å². The minimum Gasteiger partial charge on any atom is -0.356 e. The average Bonchev–Trinajstić information content (AvgIpc) is 3.97. The highest BCUT2D eigenvalue weighted by molar-refractivity contribution is 6.16. The van der Waals surface area contributed by atoms with Gasteiger partial charge in [-0.1, -0.05) is 146 Å². The molecule has 4 atom stereocenters. The molecule has 0 radical (unpaired) electrons. The van der Waals surface area contributed by atoms with Crippen molar-refractivity contribution in [1.82, 2.24) is 0 Å². The summed E-state index contributed by atoms with van der Waals surface area (Å²) >= 11 is 0. The van der Waals surface area contributed by atoms with Gasteiger partial charge < -0.3 is 9.47 Å². The van der Waals surface area contributed by atoms with Crippen molar-refractivity contribution in [3.8, 4) is 0 Å². The normalized spacial score (nSPS) is 21.2. The van der Waals surface area contributed by atoms with Crippen molar-refractivity contribution in [2.75, 3.05) is 0 Å². The number of benzene rings is 6. The van der Waals surface area contributed by atoms with E-state index < -0.39 is 0 Å². The van der Waals surface area contributed by atoms with Gasteiger partial charge in [-0.05, 0) is 66.1 Å². The minimum atomic E-state index is -0.381. The second-order valence-corrected chi connectivity index (χ2v) is 15.0. The third-order valence-electron chi connectivity index (χ3n) is 12.7. The van der Waals surface area contributed by atoms with Gasteiger partial charge in [-0.2, -0.15) is 0 Å². The van der Waals surface area contributed by atoms with Crippen molar-refractivity contribution in [1.29, 1.82) is 0 Å². The molecule has 0 N–H and O–H groups in total. The van der Waals surface area contributed by atoms with E-state index in [9.17, 15) is 9.59 Å².